The van der Waals surface area contributed by atoms with Crippen molar-refractivity contribution < 1.29 is 26.3 Å². The highest BCUT2D eigenvalue weighted by Crippen LogP contribution is 2.46. The van der Waals surface area contributed by atoms with E-state index in [0.717, 1.165) is 57.3 Å². The third kappa shape index (κ3) is 7.62. The fourth-order valence-corrected chi connectivity index (χ4v) is 6.08. The predicted molar refractivity (Wildman–Crippen MR) is 160 cm³/mol. The highest BCUT2D eigenvalue weighted by atomic mass is 79.9. The second kappa shape index (κ2) is 13.0. The van der Waals surface area contributed by atoms with Gasteiger partial charge in [-0.1, -0.05) is 15.9 Å². The maximum Gasteiger partial charge on any atom is 0.451 e. The summed E-state index contributed by atoms with van der Waals surface area (Å²) in [6, 6.07) is 3.58. The molecule has 0 bridgehead atoms. The Morgan fingerprint density at radius 3 is 1.34 bits per heavy atom. The van der Waals surface area contributed by atoms with E-state index in [0.29, 0.717) is 39.6 Å². The third-order valence-electron chi connectivity index (χ3n) is 6.78. The van der Waals surface area contributed by atoms with Crippen LogP contribution >= 0.6 is 47.8 Å². The lowest BCUT2D eigenvalue weighted by Gasteiger charge is -2.12. The second-order valence-electron chi connectivity index (χ2n) is 10.2. The normalized spacial score (nSPS) is 15.1. The van der Waals surface area contributed by atoms with Crippen molar-refractivity contribution in [3.63, 3.8) is 0 Å². The van der Waals surface area contributed by atoms with E-state index in [-0.39, 0.29) is 6.54 Å². The van der Waals surface area contributed by atoms with Crippen LogP contribution in [0.1, 0.15) is 71.9 Å². The summed E-state index contributed by atoms with van der Waals surface area (Å²) in [5.41, 5.74) is 11.5. The molecule has 4 heterocycles. The molecule has 0 saturated heterocycles. The first-order chi connectivity index (χ1) is 20.8. The minimum atomic E-state index is -4.55. The van der Waals surface area contributed by atoms with Crippen molar-refractivity contribution in [3.05, 3.63) is 80.3 Å². The molecule has 7 nitrogen and oxygen atoms in total. The van der Waals surface area contributed by atoms with Crippen molar-refractivity contribution in [3.8, 4) is 22.3 Å². The number of aromatic nitrogens is 6. The van der Waals surface area contributed by atoms with Crippen LogP contribution in [0.2, 0.25) is 0 Å². The van der Waals surface area contributed by atoms with Gasteiger partial charge >= 0.3 is 12.4 Å². The number of hydrogen-bond acceptors (Lipinski definition) is 7. The van der Waals surface area contributed by atoms with Gasteiger partial charge in [0.25, 0.3) is 0 Å². The lowest BCUT2D eigenvalue weighted by molar-refractivity contribution is -0.145. The zero-order chi connectivity index (χ0) is 31.8. The maximum atomic E-state index is 12.5. The molecule has 0 spiro atoms. The van der Waals surface area contributed by atoms with Crippen molar-refractivity contribution in [1.29, 1.82) is 0 Å². The molecular weight excluding hydrogens is 788 g/mol. The Balaban J connectivity index is 0.000000175. The standard InChI is InChI=1S/C14H10Br2F3N3.C14H12BrF3N4/c15-4-9-3-10(11(16)12(22-9)7-1-2-7)8-5-20-13(21-6-8)14(17,18)19;15-11-10(3-9(4-19)22-12(11)7-1-2-7)8-5-20-13(21-6-8)14(16,17)18/h3,5-7H,1-2,4H2;3,5-7H,1-2,4,19H2. The van der Waals surface area contributed by atoms with Crippen LogP contribution in [0.4, 0.5) is 26.3 Å². The zero-order valence-corrected chi connectivity index (χ0v) is 27.3. The Bertz CT molecular complexity index is 1520. The minimum absolute atomic E-state index is 0.265. The first-order valence-electron chi connectivity index (χ1n) is 13.2. The molecule has 6 rings (SSSR count). The van der Waals surface area contributed by atoms with Gasteiger partial charge in [0.15, 0.2) is 0 Å². The van der Waals surface area contributed by atoms with Gasteiger partial charge in [-0.05, 0) is 69.7 Å². The first kappa shape index (κ1) is 32.8. The summed E-state index contributed by atoms with van der Waals surface area (Å²) >= 11 is 10.4. The summed E-state index contributed by atoms with van der Waals surface area (Å²) < 4.78 is 76.8. The molecule has 4 aromatic rings. The van der Waals surface area contributed by atoms with Crippen LogP contribution in [-0.4, -0.2) is 29.9 Å². The smallest absolute Gasteiger partial charge is 0.325 e. The molecule has 2 fully saturated rings. The number of nitrogens with zero attached hydrogens (tertiary/aromatic N) is 6. The van der Waals surface area contributed by atoms with Crippen molar-refractivity contribution in [1.82, 2.24) is 29.9 Å². The molecule has 2 aliphatic rings. The summed E-state index contributed by atoms with van der Waals surface area (Å²) in [6.07, 6.45) is -0.0511. The largest absolute Gasteiger partial charge is 0.451 e. The molecule has 0 radical (unpaired) electrons. The van der Waals surface area contributed by atoms with E-state index in [9.17, 15) is 26.3 Å². The van der Waals surface area contributed by atoms with Crippen LogP contribution in [0.15, 0.2) is 45.9 Å². The van der Waals surface area contributed by atoms with Gasteiger partial charge in [-0.25, -0.2) is 19.9 Å². The maximum absolute atomic E-state index is 12.5. The lowest BCUT2D eigenvalue weighted by Crippen LogP contribution is -2.10. The van der Waals surface area contributed by atoms with E-state index in [1.54, 1.807) is 6.07 Å². The van der Waals surface area contributed by atoms with Crippen LogP contribution in [0.3, 0.4) is 0 Å². The van der Waals surface area contributed by atoms with E-state index in [2.05, 4.69) is 77.7 Å². The third-order valence-corrected chi connectivity index (χ3v) is 9.02. The highest BCUT2D eigenvalue weighted by Gasteiger charge is 2.36. The van der Waals surface area contributed by atoms with Crippen LogP contribution in [0, 0.1) is 0 Å². The fraction of sp³-hybridized carbons (Fsp3) is 0.357. The monoisotopic (exact) mass is 807 g/mol. The molecule has 0 aromatic carbocycles. The summed E-state index contributed by atoms with van der Waals surface area (Å²) in [6.45, 7) is 0.265. The Morgan fingerprint density at radius 2 is 1.02 bits per heavy atom. The first-order valence-corrected chi connectivity index (χ1v) is 15.9. The predicted octanol–water partition coefficient (Wildman–Crippen LogP) is 8.75. The van der Waals surface area contributed by atoms with Crippen LogP contribution < -0.4 is 5.73 Å². The number of nitrogens with two attached hydrogens (primary N) is 1. The van der Waals surface area contributed by atoms with E-state index < -0.39 is 24.0 Å². The summed E-state index contributed by atoms with van der Waals surface area (Å²) in [7, 11) is 0. The number of halogens is 9. The Labute approximate surface area is 272 Å². The van der Waals surface area contributed by atoms with E-state index in [1.807, 2.05) is 6.07 Å². The molecule has 0 aliphatic heterocycles. The average molecular weight is 810 g/mol. The summed E-state index contributed by atoms with van der Waals surface area (Å²) in [5.74, 6) is -1.48. The number of rotatable bonds is 6. The molecular formula is C28H22Br3F6N7. The quantitative estimate of drug-likeness (QED) is 0.154. The molecule has 2 N–H and O–H groups in total. The topological polar surface area (TPSA) is 103 Å². The number of alkyl halides is 7. The summed E-state index contributed by atoms with van der Waals surface area (Å²) in [4.78, 5) is 22.7. The lowest BCUT2D eigenvalue weighted by atomic mass is 10.1. The molecule has 232 valence electrons. The van der Waals surface area contributed by atoms with Gasteiger partial charge in [-0.15, -0.1) is 0 Å². The molecule has 0 amide bonds. The summed E-state index contributed by atoms with van der Waals surface area (Å²) in [5, 5.41) is 0.578. The van der Waals surface area contributed by atoms with Gasteiger partial charge in [-0.2, -0.15) is 26.3 Å². The van der Waals surface area contributed by atoms with Crippen LogP contribution in [0.5, 0.6) is 0 Å². The Hall–Kier alpha value is -2.56. The Kier molecular flexibility index (Phi) is 9.73. The van der Waals surface area contributed by atoms with Crippen molar-refractivity contribution in [2.24, 2.45) is 5.73 Å². The molecule has 0 unspecified atom stereocenters. The van der Waals surface area contributed by atoms with E-state index >= 15 is 0 Å². The minimum Gasteiger partial charge on any atom is -0.325 e. The van der Waals surface area contributed by atoms with Gasteiger partial charge < -0.3 is 5.73 Å². The van der Waals surface area contributed by atoms with Crippen molar-refractivity contribution in [2.45, 2.75) is 61.7 Å². The van der Waals surface area contributed by atoms with Crippen molar-refractivity contribution in [2.75, 3.05) is 0 Å². The molecule has 16 heteroatoms. The van der Waals surface area contributed by atoms with Crippen LogP contribution in [-0.2, 0) is 24.2 Å². The molecule has 0 atom stereocenters. The molecule has 4 aromatic heterocycles. The van der Waals surface area contributed by atoms with Gasteiger partial charge in [0.05, 0.1) is 22.8 Å². The Morgan fingerprint density at radius 1 is 0.659 bits per heavy atom. The zero-order valence-electron chi connectivity index (χ0n) is 22.5. The van der Waals surface area contributed by atoms with Gasteiger partial charge in [0, 0.05) is 79.7 Å². The number of hydrogen-bond donors (Lipinski definition) is 1. The SMILES string of the molecule is FC(F)(F)c1ncc(-c2cc(CBr)nc(C3CC3)c2Br)cn1.NCc1cc(-c2cnc(C(F)(F)F)nc2)c(Br)c(C2CC2)n1. The molecule has 2 saturated carbocycles. The van der Waals surface area contributed by atoms with Crippen molar-refractivity contribution >= 4 is 47.8 Å². The van der Waals surface area contributed by atoms with Gasteiger partial charge in [0.1, 0.15) is 0 Å². The molecule has 44 heavy (non-hydrogen) atoms. The molecule has 2 aliphatic carbocycles. The highest BCUT2D eigenvalue weighted by molar-refractivity contribution is 9.11. The fourth-order valence-electron chi connectivity index (χ4n) is 4.28. The van der Waals surface area contributed by atoms with Gasteiger partial charge in [-0.3, -0.25) is 9.97 Å². The average Bonchev–Trinajstić information content (AvgIpc) is 3.92. The van der Waals surface area contributed by atoms with Gasteiger partial charge in [0.2, 0.25) is 11.6 Å². The van der Waals surface area contributed by atoms with Crippen LogP contribution in [0.25, 0.3) is 22.3 Å². The van der Waals surface area contributed by atoms with E-state index in [4.69, 9.17) is 5.73 Å². The van der Waals surface area contributed by atoms with E-state index in [1.165, 1.54) is 24.8 Å². The second-order valence-corrected chi connectivity index (χ2v) is 12.3. The number of pyridine rings is 2.